The maximum Gasteiger partial charge on any atom is 0.242 e. The predicted octanol–water partition coefficient (Wildman–Crippen LogP) is 4.55. The van der Waals surface area contributed by atoms with Crippen LogP contribution < -0.4 is 5.32 Å². The zero-order valence-corrected chi connectivity index (χ0v) is 16.9. The average Bonchev–Trinajstić information content (AvgIpc) is 2.88. The summed E-state index contributed by atoms with van der Waals surface area (Å²) in [6, 6.07) is 13.0. The molecule has 1 aliphatic heterocycles. The fourth-order valence-corrected chi connectivity index (χ4v) is 4.00. The lowest BCUT2D eigenvalue weighted by atomic mass is 10.2. The largest absolute Gasteiger partial charge is 0.326 e. The number of halogens is 1. The van der Waals surface area contributed by atoms with Gasteiger partial charge in [0.05, 0.1) is 5.69 Å². The van der Waals surface area contributed by atoms with E-state index in [1.807, 2.05) is 44.2 Å². The third kappa shape index (κ3) is 4.51. The maximum atomic E-state index is 12.5. The highest BCUT2D eigenvalue weighted by molar-refractivity contribution is 8.15. The van der Waals surface area contributed by atoms with E-state index in [0.717, 1.165) is 22.5 Å². The number of para-hydroxylation sites is 1. The molecule has 0 aliphatic carbocycles. The fraction of sp³-hybridized carbons (Fsp3) is 0.250. The normalized spacial score (nSPS) is 18.2. The maximum absolute atomic E-state index is 12.5. The number of carbonyl (C=O) groups is 2. The first-order valence-electron chi connectivity index (χ1n) is 8.49. The number of hydrogen-bond acceptors (Lipinski definition) is 4. The molecular weight excluding hydrogens is 382 g/mol. The van der Waals surface area contributed by atoms with Crippen molar-refractivity contribution in [3.05, 3.63) is 58.6 Å². The lowest BCUT2D eigenvalue weighted by Crippen LogP contribution is -2.30. The number of aliphatic imine (C=N–C) groups is 1. The summed E-state index contributed by atoms with van der Waals surface area (Å²) in [4.78, 5) is 31.0. The highest BCUT2D eigenvalue weighted by atomic mass is 35.5. The summed E-state index contributed by atoms with van der Waals surface area (Å²) in [5.74, 6) is -0.317. The molecule has 2 aromatic carbocycles. The first-order valence-corrected chi connectivity index (χ1v) is 9.75. The van der Waals surface area contributed by atoms with Gasteiger partial charge >= 0.3 is 0 Å². The second kappa shape index (κ2) is 8.15. The Bertz CT molecular complexity index is 929. The fourth-order valence-electron chi connectivity index (χ4n) is 2.69. The topological polar surface area (TPSA) is 61.8 Å². The molecule has 0 radical (unpaired) electrons. The number of nitrogens with one attached hydrogen (secondary N) is 1. The summed E-state index contributed by atoms with van der Waals surface area (Å²) >= 11 is 7.35. The number of anilines is 1. The average molecular weight is 402 g/mol. The zero-order chi connectivity index (χ0) is 19.6. The Hall–Kier alpha value is -2.31. The van der Waals surface area contributed by atoms with Gasteiger partial charge in [-0.25, -0.2) is 4.99 Å². The zero-order valence-electron chi connectivity index (χ0n) is 15.3. The number of aryl methyl sites for hydroxylation is 2. The number of thioether (sulfide) groups is 1. The van der Waals surface area contributed by atoms with E-state index in [9.17, 15) is 9.59 Å². The quantitative estimate of drug-likeness (QED) is 0.817. The van der Waals surface area contributed by atoms with E-state index < -0.39 is 5.25 Å². The molecule has 0 aromatic heterocycles. The van der Waals surface area contributed by atoms with E-state index in [-0.39, 0.29) is 18.2 Å². The Kier molecular flexibility index (Phi) is 5.87. The molecule has 1 saturated heterocycles. The lowest BCUT2D eigenvalue weighted by molar-refractivity contribution is -0.127. The van der Waals surface area contributed by atoms with Crippen LogP contribution >= 0.6 is 23.4 Å². The minimum absolute atomic E-state index is 0.0930. The number of rotatable bonds is 4. The molecule has 140 valence electrons. The molecule has 0 bridgehead atoms. The monoisotopic (exact) mass is 401 g/mol. The van der Waals surface area contributed by atoms with E-state index >= 15 is 0 Å². The van der Waals surface area contributed by atoms with Gasteiger partial charge in [-0.1, -0.05) is 47.6 Å². The Morgan fingerprint density at radius 1 is 1.22 bits per heavy atom. The summed E-state index contributed by atoms with van der Waals surface area (Å²) in [5.41, 5.74) is 3.42. The third-order valence-corrected chi connectivity index (χ3v) is 5.78. The van der Waals surface area contributed by atoms with Gasteiger partial charge in [0.15, 0.2) is 5.17 Å². The van der Waals surface area contributed by atoms with E-state index in [1.54, 1.807) is 19.2 Å². The summed E-state index contributed by atoms with van der Waals surface area (Å²) in [7, 11) is 1.67. The predicted molar refractivity (Wildman–Crippen MR) is 112 cm³/mol. The number of benzene rings is 2. The molecule has 2 amide bonds. The molecule has 27 heavy (non-hydrogen) atoms. The van der Waals surface area contributed by atoms with Crippen LogP contribution in [0.2, 0.25) is 5.02 Å². The molecule has 0 spiro atoms. The number of hydrogen-bond donors (Lipinski definition) is 1. The van der Waals surface area contributed by atoms with Crippen molar-refractivity contribution in [2.24, 2.45) is 4.99 Å². The molecule has 3 rings (SSSR count). The molecule has 5 nitrogen and oxygen atoms in total. The van der Waals surface area contributed by atoms with Crippen molar-refractivity contribution < 1.29 is 9.59 Å². The van der Waals surface area contributed by atoms with Gasteiger partial charge in [-0.2, -0.15) is 0 Å². The molecule has 1 aliphatic rings. The van der Waals surface area contributed by atoms with Gasteiger partial charge in [-0.3, -0.25) is 14.5 Å². The highest BCUT2D eigenvalue weighted by Crippen LogP contribution is 2.32. The molecular formula is C20H20ClN3O2S. The Labute approximate surface area is 167 Å². The SMILES string of the molecule is Cc1ccc(Cl)cc1N=C1SC(CC(=O)Nc2ccccc2C)C(=O)N1C. The van der Waals surface area contributed by atoms with Crippen LogP contribution in [0.4, 0.5) is 11.4 Å². The summed E-state index contributed by atoms with van der Waals surface area (Å²) < 4.78 is 0. The third-order valence-electron chi connectivity index (χ3n) is 4.32. The lowest BCUT2D eigenvalue weighted by Gasteiger charge is -2.10. The van der Waals surface area contributed by atoms with Crippen molar-refractivity contribution >= 4 is 51.7 Å². The van der Waals surface area contributed by atoms with Crippen molar-refractivity contribution in [2.75, 3.05) is 12.4 Å². The van der Waals surface area contributed by atoms with Gasteiger partial charge in [0.25, 0.3) is 0 Å². The molecule has 1 fully saturated rings. The van der Waals surface area contributed by atoms with Crippen LogP contribution in [0.3, 0.4) is 0 Å². The van der Waals surface area contributed by atoms with Gasteiger partial charge < -0.3 is 5.32 Å². The van der Waals surface area contributed by atoms with Crippen LogP contribution in [0.5, 0.6) is 0 Å². The van der Waals surface area contributed by atoms with E-state index in [4.69, 9.17) is 11.6 Å². The summed E-state index contributed by atoms with van der Waals surface area (Å²) in [6.07, 6.45) is 0.0930. The van der Waals surface area contributed by atoms with Gasteiger partial charge in [-0.05, 0) is 43.2 Å². The molecule has 1 N–H and O–H groups in total. The van der Waals surface area contributed by atoms with Crippen LogP contribution in [0.1, 0.15) is 17.5 Å². The van der Waals surface area contributed by atoms with Gasteiger partial charge in [0, 0.05) is 24.2 Å². The van der Waals surface area contributed by atoms with Crippen LogP contribution in [0.15, 0.2) is 47.5 Å². The van der Waals surface area contributed by atoms with Crippen LogP contribution in [-0.2, 0) is 9.59 Å². The molecule has 0 saturated carbocycles. The number of carbonyl (C=O) groups excluding carboxylic acids is 2. The van der Waals surface area contributed by atoms with Crippen LogP contribution in [-0.4, -0.2) is 34.2 Å². The van der Waals surface area contributed by atoms with Crippen molar-refractivity contribution in [1.82, 2.24) is 4.90 Å². The van der Waals surface area contributed by atoms with E-state index in [2.05, 4.69) is 10.3 Å². The van der Waals surface area contributed by atoms with Crippen molar-refractivity contribution in [3.63, 3.8) is 0 Å². The van der Waals surface area contributed by atoms with Crippen molar-refractivity contribution in [3.8, 4) is 0 Å². The van der Waals surface area contributed by atoms with E-state index in [0.29, 0.717) is 10.2 Å². The second-order valence-corrected chi connectivity index (χ2v) is 8.00. The minimum atomic E-state index is -0.489. The smallest absolute Gasteiger partial charge is 0.242 e. The molecule has 7 heteroatoms. The summed E-state index contributed by atoms with van der Waals surface area (Å²) in [6.45, 7) is 3.86. The Balaban J connectivity index is 1.72. The summed E-state index contributed by atoms with van der Waals surface area (Å²) in [5, 5.41) is 3.54. The number of amides is 2. The second-order valence-electron chi connectivity index (χ2n) is 6.40. The van der Waals surface area contributed by atoms with Gasteiger partial charge in [-0.15, -0.1) is 0 Å². The van der Waals surface area contributed by atoms with Crippen molar-refractivity contribution in [2.45, 2.75) is 25.5 Å². The Morgan fingerprint density at radius 3 is 2.70 bits per heavy atom. The van der Waals surface area contributed by atoms with Crippen LogP contribution in [0.25, 0.3) is 0 Å². The first kappa shape index (κ1) is 19.5. The molecule has 1 heterocycles. The number of amidine groups is 1. The molecule has 1 unspecified atom stereocenters. The standard InChI is InChI=1S/C20H20ClN3O2S/c1-12-6-4-5-7-15(12)22-18(25)11-17-19(26)24(3)20(27-17)23-16-10-14(21)9-8-13(16)2/h4-10,17H,11H2,1-3H3,(H,22,25). The highest BCUT2D eigenvalue weighted by Gasteiger charge is 2.37. The van der Waals surface area contributed by atoms with Crippen molar-refractivity contribution in [1.29, 1.82) is 0 Å². The first-order chi connectivity index (χ1) is 12.8. The molecule has 2 aromatic rings. The minimum Gasteiger partial charge on any atom is -0.326 e. The van der Waals surface area contributed by atoms with Gasteiger partial charge in [0.2, 0.25) is 11.8 Å². The van der Waals surface area contributed by atoms with E-state index in [1.165, 1.54) is 16.7 Å². The molecule has 1 atom stereocenters. The van der Waals surface area contributed by atoms with Gasteiger partial charge in [0.1, 0.15) is 5.25 Å². The Morgan fingerprint density at radius 2 is 1.96 bits per heavy atom. The number of nitrogens with zero attached hydrogens (tertiary/aromatic N) is 2. The van der Waals surface area contributed by atoms with Crippen LogP contribution in [0, 0.1) is 13.8 Å².